The molecule has 6 rings (SSSR count). The standard InChI is InChI=1S/C28H21ClN4O6/c1-39-21-9-5-4-8-19(21)32-27(35)22-23(28(32)36)25(31-13-12-15-6-2-3-7-17(15)24(22)31)26(34)30-16-10-11-18(29)20(14-16)33(37)38/h2-14,22-25H,1H3,(H,30,34)/t22-,23+,24+,25+/m0/s1. The van der Waals surface area contributed by atoms with Crippen molar-refractivity contribution in [2.75, 3.05) is 17.3 Å². The summed E-state index contributed by atoms with van der Waals surface area (Å²) >= 11 is 5.93. The van der Waals surface area contributed by atoms with Gasteiger partial charge in [0.25, 0.3) is 5.69 Å². The van der Waals surface area contributed by atoms with Crippen LogP contribution >= 0.6 is 11.6 Å². The average Bonchev–Trinajstić information content (AvgIpc) is 3.41. The zero-order valence-electron chi connectivity index (χ0n) is 20.5. The number of anilines is 2. The van der Waals surface area contributed by atoms with E-state index in [0.717, 1.165) is 22.1 Å². The number of ether oxygens (including phenoxy) is 1. The average molecular weight is 545 g/mol. The Morgan fingerprint density at radius 2 is 1.74 bits per heavy atom. The highest BCUT2D eigenvalue weighted by atomic mass is 35.5. The monoisotopic (exact) mass is 544 g/mol. The molecule has 3 aromatic carbocycles. The van der Waals surface area contributed by atoms with Crippen molar-refractivity contribution in [3.63, 3.8) is 0 Å². The van der Waals surface area contributed by atoms with Gasteiger partial charge in [-0.2, -0.15) is 0 Å². The van der Waals surface area contributed by atoms with Gasteiger partial charge in [-0.05, 0) is 41.5 Å². The number of hydrogen-bond acceptors (Lipinski definition) is 7. The van der Waals surface area contributed by atoms with E-state index < -0.39 is 46.6 Å². The second kappa shape index (κ2) is 9.25. The number of carbonyl (C=O) groups is 3. The Bertz CT molecular complexity index is 1590. The predicted molar refractivity (Wildman–Crippen MR) is 143 cm³/mol. The molecule has 0 aromatic heterocycles. The Kier molecular flexibility index (Phi) is 5.84. The molecule has 3 amide bonds. The molecule has 11 heteroatoms. The molecule has 0 aliphatic carbocycles. The van der Waals surface area contributed by atoms with E-state index in [4.69, 9.17) is 16.3 Å². The summed E-state index contributed by atoms with van der Waals surface area (Å²) in [4.78, 5) is 55.4. The van der Waals surface area contributed by atoms with Crippen LogP contribution < -0.4 is 15.0 Å². The molecule has 1 N–H and O–H groups in total. The number of nitro benzene ring substituents is 1. The highest BCUT2D eigenvalue weighted by Crippen LogP contribution is 2.54. The molecule has 0 radical (unpaired) electrons. The van der Waals surface area contributed by atoms with Crippen molar-refractivity contribution < 1.29 is 24.0 Å². The Labute approximate surface area is 227 Å². The molecule has 0 spiro atoms. The maximum atomic E-state index is 14.0. The number of fused-ring (bicyclic) bond motifs is 5. The van der Waals surface area contributed by atoms with Crippen LogP contribution in [-0.2, 0) is 14.4 Å². The second-order valence-electron chi connectivity index (χ2n) is 9.43. The van der Waals surface area contributed by atoms with E-state index >= 15 is 0 Å². The molecule has 4 atom stereocenters. The molecule has 3 aromatic rings. The fourth-order valence-corrected chi connectivity index (χ4v) is 6.04. The van der Waals surface area contributed by atoms with Gasteiger partial charge in [0.2, 0.25) is 17.7 Å². The van der Waals surface area contributed by atoms with Gasteiger partial charge in [0.05, 0.1) is 35.6 Å². The number of benzene rings is 3. The number of methoxy groups -OCH3 is 1. The van der Waals surface area contributed by atoms with E-state index in [1.165, 1.54) is 19.2 Å². The lowest BCUT2D eigenvalue weighted by Gasteiger charge is -2.35. The largest absolute Gasteiger partial charge is 0.495 e. The lowest BCUT2D eigenvalue weighted by Crippen LogP contribution is -2.46. The third kappa shape index (κ3) is 3.75. The fraction of sp³-hybridized carbons (Fsp3) is 0.179. The van der Waals surface area contributed by atoms with Crippen LogP contribution in [0.15, 0.2) is 72.9 Å². The van der Waals surface area contributed by atoms with Gasteiger partial charge in [-0.3, -0.25) is 24.5 Å². The Balaban J connectivity index is 1.44. The van der Waals surface area contributed by atoms with Crippen molar-refractivity contribution in [2.24, 2.45) is 11.8 Å². The zero-order valence-corrected chi connectivity index (χ0v) is 21.2. The maximum Gasteiger partial charge on any atom is 0.289 e. The van der Waals surface area contributed by atoms with E-state index in [1.54, 1.807) is 35.4 Å². The molecule has 3 aliphatic rings. The van der Waals surface area contributed by atoms with Gasteiger partial charge in [0.15, 0.2) is 0 Å². The highest BCUT2D eigenvalue weighted by Gasteiger charge is 2.65. The van der Waals surface area contributed by atoms with Crippen LogP contribution in [0.25, 0.3) is 6.08 Å². The summed E-state index contributed by atoms with van der Waals surface area (Å²) in [6.45, 7) is 0. The predicted octanol–water partition coefficient (Wildman–Crippen LogP) is 4.41. The molecule has 3 heterocycles. The van der Waals surface area contributed by atoms with Gasteiger partial charge in [-0.1, -0.05) is 48.0 Å². The topological polar surface area (TPSA) is 122 Å². The molecule has 0 unspecified atom stereocenters. The quantitative estimate of drug-likeness (QED) is 0.287. The summed E-state index contributed by atoms with van der Waals surface area (Å²) in [5.41, 5.74) is 1.81. The van der Waals surface area contributed by atoms with E-state index in [9.17, 15) is 24.5 Å². The molecular weight excluding hydrogens is 524 g/mol. The summed E-state index contributed by atoms with van der Waals surface area (Å²) < 4.78 is 5.42. The third-order valence-electron chi connectivity index (χ3n) is 7.47. The molecule has 0 bridgehead atoms. The molecule has 10 nitrogen and oxygen atoms in total. The minimum Gasteiger partial charge on any atom is -0.495 e. The van der Waals surface area contributed by atoms with E-state index in [0.29, 0.717) is 11.4 Å². The summed E-state index contributed by atoms with van der Waals surface area (Å²) in [7, 11) is 1.45. The zero-order chi connectivity index (χ0) is 27.4. The van der Waals surface area contributed by atoms with Crippen molar-refractivity contribution in [1.29, 1.82) is 0 Å². The summed E-state index contributed by atoms with van der Waals surface area (Å²) in [5, 5.41) is 14.0. The van der Waals surface area contributed by atoms with Crippen molar-refractivity contribution >= 4 is 52.5 Å². The third-order valence-corrected chi connectivity index (χ3v) is 7.79. The van der Waals surface area contributed by atoms with Gasteiger partial charge in [-0.25, -0.2) is 4.90 Å². The van der Waals surface area contributed by atoms with Crippen LogP contribution in [0, 0.1) is 22.0 Å². The smallest absolute Gasteiger partial charge is 0.289 e. The lowest BCUT2D eigenvalue weighted by molar-refractivity contribution is -0.384. The SMILES string of the molecule is COc1ccccc1N1C(=O)[C@@H]2[C@H](C1=O)[C@H]1c3ccccc3C=CN1[C@H]2C(=O)Nc1ccc(Cl)c([N+](=O)[O-])c1. The first-order chi connectivity index (χ1) is 18.8. The minimum atomic E-state index is -1.06. The van der Waals surface area contributed by atoms with Gasteiger partial charge < -0.3 is 15.0 Å². The number of nitrogens with one attached hydrogen (secondary N) is 1. The number of nitro groups is 1. The van der Waals surface area contributed by atoms with Gasteiger partial charge in [-0.15, -0.1) is 0 Å². The number of hydrogen-bond donors (Lipinski definition) is 1. The number of para-hydroxylation sites is 2. The van der Waals surface area contributed by atoms with Gasteiger partial charge in [0, 0.05) is 18.0 Å². The molecular formula is C28H21ClN4O6. The van der Waals surface area contributed by atoms with Crippen LogP contribution in [0.5, 0.6) is 5.75 Å². The van der Waals surface area contributed by atoms with Crippen molar-refractivity contribution in [3.05, 3.63) is 99.2 Å². The van der Waals surface area contributed by atoms with Crippen LogP contribution in [0.4, 0.5) is 17.1 Å². The molecule has 2 saturated heterocycles. The Hall–Kier alpha value is -4.70. The summed E-state index contributed by atoms with van der Waals surface area (Å²) in [6.07, 6.45) is 3.57. The highest BCUT2D eigenvalue weighted by molar-refractivity contribution is 6.32. The normalized spacial score (nSPS) is 22.8. The van der Waals surface area contributed by atoms with Crippen molar-refractivity contribution in [1.82, 2.24) is 4.90 Å². The summed E-state index contributed by atoms with van der Waals surface area (Å²) in [5.74, 6) is -3.01. The van der Waals surface area contributed by atoms with Gasteiger partial charge >= 0.3 is 0 Å². The van der Waals surface area contributed by atoms with E-state index in [-0.39, 0.29) is 16.4 Å². The molecule has 3 aliphatic heterocycles. The first-order valence-electron chi connectivity index (χ1n) is 12.1. The molecule has 2 fully saturated rings. The van der Waals surface area contributed by atoms with Crippen LogP contribution in [0.2, 0.25) is 5.02 Å². The lowest BCUT2D eigenvalue weighted by atomic mass is 9.84. The first kappa shape index (κ1) is 24.6. The minimum absolute atomic E-state index is 0.0708. The number of halogens is 1. The Morgan fingerprint density at radius 1 is 1.03 bits per heavy atom. The van der Waals surface area contributed by atoms with Crippen LogP contribution in [0.1, 0.15) is 17.2 Å². The fourth-order valence-electron chi connectivity index (χ4n) is 5.86. The molecule has 196 valence electrons. The maximum absolute atomic E-state index is 14.0. The van der Waals surface area contributed by atoms with Crippen molar-refractivity contribution in [3.8, 4) is 5.75 Å². The van der Waals surface area contributed by atoms with E-state index in [1.807, 2.05) is 30.3 Å². The number of imide groups is 1. The molecule has 0 saturated carbocycles. The Morgan fingerprint density at radius 3 is 2.51 bits per heavy atom. The second-order valence-corrected chi connectivity index (χ2v) is 9.84. The number of amides is 3. The number of rotatable bonds is 5. The number of carbonyl (C=O) groups excluding carboxylic acids is 3. The molecule has 39 heavy (non-hydrogen) atoms. The first-order valence-corrected chi connectivity index (χ1v) is 12.5. The summed E-state index contributed by atoms with van der Waals surface area (Å²) in [6, 6.07) is 16.6. The van der Waals surface area contributed by atoms with Gasteiger partial charge in [0.1, 0.15) is 16.8 Å². The van der Waals surface area contributed by atoms with Crippen LogP contribution in [-0.4, -0.2) is 40.7 Å². The van der Waals surface area contributed by atoms with Crippen molar-refractivity contribution in [2.45, 2.75) is 12.1 Å². The van der Waals surface area contributed by atoms with E-state index in [2.05, 4.69) is 5.32 Å². The van der Waals surface area contributed by atoms with Crippen LogP contribution in [0.3, 0.4) is 0 Å². The number of nitrogens with zero attached hydrogens (tertiary/aromatic N) is 3.